The van der Waals surface area contributed by atoms with Crippen LogP contribution < -0.4 is 16.0 Å². The molecule has 0 unspecified atom stereocenters. The minimum Gasteiger partial charge on any atom is -0.504 e. The Labute approximate surface area is 199 Å². The monoisotopic (exact) mass is 481 g/mol. The van der Waals surface area contributed by atoms with E-state index in [2.05, 4.69) is 16.0 Å². The van der Waals surface area contributed by atoms with Gasteiger partial charge in [0.05, 0.1) is 7.11 Å². The van der Waals surface area contributed by atoms with E-state index in [1.807, 2.05) is 13.8 Å². The van der Waals surface area contributed by atoms with Crippen molar-refractivity contribution in [1.29, 1.82) is 0 Å². The van der Waals surface area contributed by atoms with Crippen LogP contribution in [-0.2, 0) is 30.3 Å². The SMILES string of the molecule is COC(=O)[C@H](Cc1ccc(O)c(O)c1)NC(=O)[C@H](CC(C)C)NC(=O)CNC(=O)OC(C)(C)C. The number of nitrogens with one attached hydrogen (secondary N) is 3. The fourth-order valence-corrected chi connectivity index (χ4v) is 2.95. The van der Waals surface area contributed by atoms with Gasteiger partial charge in [0.15, 0.2) is 11.5 Å². The highest BCUT2D eigenvalue weighted by Crippen LogP contribution is 2.25. The van der Waals surface area contributed by atoms with Gasteiger partial charge in [0.25, 0.3) is 0 Å². The van der Waals surface area contributed by atoms with E-state index < -0.39 is 48.1 Å². The first-order valence-electron chi connectivity index (χ1n) is 10.9. The van der Waals surface area contributed by atoms with Gasteiger partial charge in [-0.05, 0) is 50.8 Å². The summed E-state index contributed by atoms with van der Waals surface area (Å²) >= 11 is 0. The number of hydrogen-bond acceptors (Lipinski definition) is 8. The maximum Gasteiger partial charge on any atom is 0.408 e. The number of esters is 1. The molecule has 0 bridgehead atoms. The number of alkyl carbamates (subject to hydrolysis) is 1. The molecule has 0 aliphatic carbocycles. The highest BCUT2D eigenvalue weighted by atomic mass is 16.6. The van der Waals surface area contributed by atoms with Gasteiger partial charge in [0.1, 0.15) is 24.2 Å². The summed E-state index contributed by atoms with van der Waals surface area (Å²) in [6.45, 7) is 8.39. The molecule has 0 saturated carbocycles. The van der Waals surface area contributed by atoms with Crippen LogP contribution >= 0.6 is 0 Å². The standard InChI is InChI=1S/C23H35N3O8/c1-13(2)9-15(25-19(29)12-24-22(32)34-23(3,4)5)20(30)26-16(21(31)33-6)10-14-7-8-17(27)18(28)11-14/h7-8,11,13,15-16,27-28H,9-10,12H2,1-6H3,(H,24,32)(H,25,29)(H,26,30)/t15-,16-/m0/s1. The Kier molecular flexibility index (Phi) is 10.6. The van der Waals surface area contributed by atoms with Gasteiger partial charge >= 0.3 is 12.1 Å². The van der Waals surface area contributed by atoms with Crippen molar-refractivity contribution in [3.05, 3.63) is 23.8 Å². The topological polar surface area (TPSA) is 163 Å². The predicted octanol–water partition coefficient (Wildman–Crippen LogP) is 1.35. The lowest BCUT2D eigenvalue weighted by atomic mass is 10.0. The number of methoxy groups -OCH3 is 1. The number of aromatic hydroxyl groups is 2. The van der Waals surface area contributed by atoms with Crippen molar-refractivity contribution in [1.82, 2.24) is 16.0 Å². The van der Waals surface area contributed by atoms with Crippen molar-refractivity contribution in [2.45, 2.75) is 65.1 Å². The fraction of sp³-hybridized carbons (Fsp3) is 0.565. The number of ether oxygens (including phenoxy) is 2. The minimum absolute atomic E-state index is 0.0190. The quantitative estimate of drug-likeness (QED) is 0.247. The number of carbonyl (C=O) groups excluding carboxylic acids is 4. The Morgan fingerprint density at radius 1 is 1.00 bits per heavy atom. The first kappa shape index (κ1) is 28.5. The summed E-state index contributed by atoms with van der Waals surface area (Å²) in [4.78, 5) is 49.3. The Bertz CT molecular complexity index is 879. The number of hydrogen-bond donors (Lipinski definition) is 5. The third kappa shape index (κ3) is 10.4. The molecule has 11 nitrogen and oxygen atoms in total. The molecule has 190 valence electrons. The van der Waals surface area contributed by atoms with Crippen LogP contribution in [0.5, 0.6) is 11.5 Å². The average molecular weight is 482 g/mol. The van der Waals surface area contributed by atoms with Gasteiger partial charge in [-0.2, -0.15) is 0 Å². The molecule has 0 aliphatic heterocycles. The molecule has 0 aliphatic rings. The zero-order valence-electron chi connectivity index (χ0n) is 20.4. The molecule has 0 radical (unpaired) electrons. The van der Waals surface area contributed by atoms with Crippen molar-refractivity contribution < 1.29 is 38.9 Å². The first-order chi connectivity index (χ1) is 15.7. The molecule has 0 saturated heterocycles. The summed E-state index contributed by atoms with van der Waals surface area (Å²) in [5, 5.41) is 26.6. The molecule has 1 aromatic carbocycles. The van der Waals surface area contributed by atoms with Gasteiger partial charge in [-0.25, -0.2) is 9.59 Å². The zero-order valence-corrected chi connectivity index (χ0v) is 20.4. The van der Waals surface area contributed by atoms with E-state index in [0.717, 1.165) is 0 Å². The molecule has 1 aromatic rings. The number of benzene rings is 1. The zero-order chi connectivity index (χ0) is 26.1. The number of phenols is 2. The molecule has 0 fully saturated rings. The second-order valence-electron chi connectivity index (χ2n) is 9.22. The molecular weight excluding hydrogens is 446 g/mol. The molecular formula is C23H35N3O8. The molecule has 34 heavy (non-hydrogen) atoms. The van der Waals surface area contributed by atoms with E-state index in [0.29, 0.717) is 5.56 Å². The largest absolute Gasteiger partial charge is 0.504 e. The molecule has 2 atom stereocenters. The number of phenolic OH excluding ortho intramolecular Hbond substituents is 2. The van der Waals surface area contributed by atoms with E-state index in [1.54, 1.807) is 20.8 Å². The third-order valence-electron chi connectivity index (χ3n) is 4.43. The highest BCUT2D eigenvalue weighted by molar-refractivity contribution is 5.91. The molecule has 1 rings (SSSR count). The van der Waals surface area contributed by atoms with Crippen LogP contribution in [0.1, 0.15) is 46.6 Å². The van der Waals surface area contributed by atoms with Crippen LogP contribution in [0.25, 0.3) is 0 Å². The van der Waals surface area contributed by atoms with Crippen LogP contribution in [-0.4, -0.2) is 65.4 Å². The Morgan fingerprint density at radius 2 is 1.65 bits per heavy atom. The second kappa shape index (κ2) is 12.7. The molecule has 5 N–H and O–H groups in total. The van der Waals surface area contributed by atoms with E-state index in [4.69, 9.17) is 9.47 Å². The summed E-state index contributed by atoms with van der Waals surface area (Å²) in [7, 11) is 1.17. The number of amides is 3. The average Bonchev–Trinajstić information content (AvgIpc) is 2.71. The molecule has 0 heterocycles. The minimum atomic E-state index is -1.10. The van der Waals surface area contributed by atoms with Crippen LogP contribution in [0, 0.1) is 5.92 Å². The summed E-state index contributed by atoms with van der Waals surface area (Å²) in [6, 6.07) is 1.95. The predicted molar refractivity (Wildman–Crippen MR) is 123 cm³/mol. The van der Waals surface area contributed by atoms with Crippen LogP contribution in [0.2, 0.25) is 0 Å². The normalized spacial score (nSPS) is 12.9. The molecule has 11 heteroatoms. The second-order valence-corrected chi connectivity index (χ2v) is 9.22. The maximum atomic E-state index is 12.9. The molecule has 0 aromatic heterocycles. The van der Waals surface area contributed by atoms with E-state index >= 15 is 0 Å². The smallest absolute Gasteiger partial charge is 0.408 e. The van der Waals surface area contributed by atoms with Crippen molar-refractivity contribution in [3.8, 4) is 11.5 Å². The van der Waals surface area contributed by atoms with Crippen molar-refractivity contribution in [2.24, 2.45) is 5.92 Å². The third-order valence-corrected chi connectivity index (χ3v) is 4.43. The van der Waals surface area contributed by atoms with Gasteiger partial charge < -0.3 is 35.6 Å². The molecule has 3 amide bonds. The highest BCUT2D eigenvalue weighted by Gasteiger charge is 2.28. The van der Waals surface area contributed by atoms with Gasteiger partial charge in [0.2, 0.25) is 11.8 Å². The Hall–Kier alpha value is -3.50. The summed E-state index contributed by atoms with van der Waals surface area (Å²) in [5.74, 6) is -2.60. The van der Waals surface area contributed by atoms with Gasteiger partial charge in [-0.1, -0.05) is 19.9 Å². The lowest BCUT2D eigenvalue weighted by Gasteiger charge is -2.24. The molecule has 0 spiro atoms. The Balaban J connectivity index is 2.86. The lowest BCUT2D eigenvalue weighted by Crippen LogP contribution is -2.54. The van der Waals surface area contributed by atoms with Crippen LogP contribution in [0.4, 0.5) is 4.79 Å². The number of rotatable bonds is 10. The summed E-state index contributed by atoms with van der Waals surface area (Å²) in [6.07, 6.45) is -0.511. The lowest BCUT2D eigenvalue weighted by molar-refractivity contribution is -0.145. The van der Waals surface area contributed by atoms with Crippen molar-refractivity contribution in [3.63, 3.8) is 0 Å². The maximum absolute atomic E-state index is 12.9. The van der Waals surface area contributed by atoms with Crippen LogP contribution in [0.15, 0.2) is 18.2 Å². The summed E-state index contributed by atoms with van der Waals surface area (Å²) < 4.78 is 9.85. The van der Waals surface area contributed by atoms with E-state index in [1.165, 1.54) is 25.3 Å². The van der Waals surface area contributed by atoms with Crippen LogP contribution in [0.3, 0.4) is 0 Å². The number of carbonyl (C=O) groups is 4. The van der Waals surface area contributed by atoms with Gasteiger partial charge in [-0.3, -0.25) is 9.59 Å². The fourth-order valence-electron chi connectivity index (χ4n) is 2.95. The first-order valence-corrected chi connectivity index (χ1v) is 10.9. The van der Waals surface area contributed by atoms with Crippen molar-refractivity contribution in [2.75, 3.05) is 13.7 Å². The summed E-state index contributed by atoms with van der Waals surface area (Å²) in [5.41, 5.74) is -0.255. The van der Waals surface area contributed by atoms with Crippen molar-refractivity contribution >= 4 is 23.9 Å². The van der Waals surface area contributed by atoms with Gasteiger partial charge in [-0.15, -0.1) is 0 Å². The Morgan fingerprint density at radius 3 is 2.18 bits per heavy atom. The van der Waals surface area contributed by atoms with E-state index in [-0.39, 0.29) is 30.3 Å². The van der Waals surface area contributed by atoms with Gasteiger partial charge in [0, 0.05) is 6.42 Å². The van der Waals surface area contributed by atoms with E-state index in [9.17, 15) is 29.4 Å².